The standard InChI is InChI=1S/C16H31N3O2S/c1-8-17-13(18-12-15(4,5)16(12,6)7)19-9-10-22(20,21)14(2,3)11-19/h12H,8-11H2,1-7H3,(H,17,18). The first-order valence-corrected chi connectivity index (χ1v) is 9.80. The van der Waals surface area contributed by atoms with Crippen molar-refractivity contribution in [1.82, 2.24) is 10.2 Å². The Morgan fingerprint density at radius 2 is 1.73 bits per heavy atom. The van der Waals surface area contributed by atoms with E-state index < -0.39 is 14.6 Å². The van der Waals surface area contributed by atoms with Crippen LogP contribution in [0.15, 0.2) is 4.99 Å². The van der Waals surface area contributed by atoms with Crippen molar-refractivity contribution in [3.05, 3.63) is 0 Å². The van der Waals surface area contributed by atoms with E-state index in [2.05, 4.69) is 42.9 Å². The molecule has 0 aromatic carbocycles. The quantitative estimate of drug-likeness (QED) is 0.621. The molecule has 0 amide bonds. The third kappa shape index (κ3) is 2.63. The zero-order valence-electron chi connectivity index (χ0n) is 15.0. The fourth-order valence-electron chi connectivity index (χ4n) is 3.40. The summed E-state index contributed by atoms with van der Waals surface area (Å²) in [5, 5.41) is 3.59. The molecule has 1 aliphatic heterocycles. The normalized spacial score (nSPS) is 29.2. The first-order chi connectivity index (χ1) is 9.87. The second-order valence-electron chi connectivity index (χ2n) is 8.32. The van der Waals surface area contributed by atoms with Crippen LogP contribution in [-0.4, -0.2) is 55.5 Å². The van der Waals surface area contributed by atoms with E-state index in [1.54, 1.807) is 0 Å². The Hall–Kier alpha value is -0.780. The number of guanidine groups is 1. The summed E-state index contributed by atoms with van der Waals surface area (Å²) in [5.41, 5.74) is 0.442. The van der Waals surface area contributed by atoms with Gasteiger partial charge in [0.25, 0.3) is 0 Å². The summed E-state index contributed by atoms with van der Waals surface area (Å²) in [7, 11) is -3.03. The van der Waals surface area contributed by atoms with Crippen molar-refractivity contribution in [2.45, 2.75) is 59.3 Å². The van der Waals surface area contributed by atoms with Crippen LogP contribution in [0.5, 0.6) is 0 Å². The smallest absolute Gasteiger partial charge is 0.194 e. The number of hydrogen-bond donors (Lipinski definition) is 1. The highest BCUT2D eigenvalue weighted by molar-refractivity contribution is 7.92. The highest BCUT2D eigenvalue weighted by Gasteiger charge is 2.65. The van der Waals surface area contributed by atoms with Crippen LogP contribution in [0.25, 0.3) is 0 Å². The topological polar surface area (TPSA) is 61.8 Å². The molecule has 0 aromatic rings. The van der Waals surface area contributed by atoms with Crippen molar-refractivity contribution < 1.29 is 8.42 Å². The van der Waals surface area contributed by atoms with Crippen LogP contribution in [0.3, 0.4) is 0 Å². The van der Waals surface area contributed by atoms with Crippen molar-refractivity contribution in [2.24, 2.45) is 15.8 Å². The summed E-state index contributed by atoms with van der Waals surface area (Å²) in [6, 6.07) is 0.368. The lowest BCUT2D eigenvalue weighted by Crippen LogP contribution is -2.57. The summed E-state index contributed by atoms with van der Waals surface area (Å²) in [6.07, 6.45) is 0. The van der Waals surface area contributed by atoms with E-state index in [1.165, 1.54) is 0 Å². The molecule has 0 atom stereocenters. The molecule has 0 radical (unpaired) electrons. The third-order valence-electron chi connectivity index (χ3n) is 5.95. The molecule has 1 saturated carbocycles. The van der Waals surface area contributed by atoms with Gasteiger partial charge in [0.2, 0.25) is 0 Å². The molecule has 22 heavy (non-hydrogen) atoms. The maximum Gasteiger partial charge on any atom is 0.194 e. The fourth-order valence-corrected chi connectivity index (χ4v) is 4.76. The first-order valence-electron chi connectivity index (χ1n) is 8.15. The van der Waals surface area contributed by atoms with Gasteiger partial charge in [0.15, 0.2) is 15.8 Å². The second kappa shape index (κ2) is 5.11. The lowest BCUT2D eigenvalue weighted by molar-refractivity contribution is 0.350. The summed E-state index contributed by atoms with van der Waals surface area (Å²) in [5.74, 6) is 1.05. The van der Waals surface area contributed by atoms with Gasteiger partial charge in [0, 0.05) is 25.7 Å². The minimum absolute atomic E-state index is 0.196. The van der Waals surface area contributed by atoms with Crippen molar-refractivity contribution in [1.29, 1.82) is 0 Å². The summed E-state index contributed by atoms with van der Waals surface area (Å²) < 4.78 is 23.6. The molecule has 2 rings (SSSR count). The SMILES string of the molecule is CCN=C(NC1C(C)(C)C1(C)C)N1CCS(=O)(=O)C(C)(C)C1. The van der Waals surface area contributed by atoms with Gasteiger partial charge in [-0.2, -0.15) is 0 Å². The van der Waals surface area contributed by atoms with Crippen LogP contribution < -0.4 is 5.32 Å². The van der Waals surface area contributed by atoms with Gasteiger partial charge >= 0.3 is 0 Å². The molecule has 0 aromatic heterocycles. The highest BCUT2D eigenvalue weighted by atomic mass is 32.2. The average molecular weight is 330 g/mol. The molecule has 0 unspecified atom stereocenters. The largest absolute Gasteiger partial charge is 0.352 e. The molecule has 1 saturated heterocycles. The van der Waals surface area contributed by atoms with Crippen molar-refractivity contribution in [3.8, 4) is 0 Å². The van der Waals surface area contributed by atoms with Crippen LogP contribution in [0.4, 0.5) is 0 Å². The van der Waals surface area contributed by atoms with Gasteiger partial charge in [-0.25, -0.2) is 8.42 Å². The Morgan fingerprint density at radius 1 is 1.18 bits per heavy atom. The molecule has 1 heterocycles. The number of hydrogen-bond acceptors (Lipinski definition) is 3. The molecule has 2 aliphatic rings. The van der Waals surface area contributed by atoms with Gasteiger partial charge in [-0.3, -0.25) is 4.99 Å². The maximum absolute atomic E-state index is 12.2. The van der Waals surface area contributed by atoms with E-state index in [0.29, 0.717) is 25.7 Å². The number of nitrogens with zero attached hydrogens (tertiary/aromatic N) is 2. The van der Waals surface area contributed by atoms with E-state index in [0.717, 1.165) is 5.96 Å². The summed E-state index contributed by atoms with van der Waals surface area (Å²) in [4.78, 5) is 6.72. The Labute approximate surface area is 135 Å². The molecule has 1 N–H and O–H groups in total. The minimum atomic E-state index is -3.03. The van der Waals surface area contributed by atoms with Crippen LogP contribution in [0.2, 0.25) is 0 Å². The molecule has 5 nitrogen and oxygen atoms in total. The molecule has 0 spiro atoms. The van der Waals surface area contributed by atoms with Gasteiger partial charge in [-0.05, 0) is 31.6 Å². The molecule has 1 aliphatic carbocycles. The fraction of sp³-hybridized carbons (Fsp3) is 0.938. The number of nitrogens with one attached hydrogen (secondary N) is 1. The van der Waals surface area contributed by atoms with E-state index in [4.69, 9.17) is 0 Å². The van der Waals surface area contributed by atoms with Gasteiger partial charge in [0.05, 0.1) is 10.5 Å². The Balaban J connectivity index is 2.16. The average Bonchev–Trinajstić information content (AvgIpc) is 2.74. The Kier molecular flexibility index (Phi) is 4.08. The second-order valence-corrected chi connectivity index (χ2v) is 11.1. The van der Waals surface area contributed by atoms with Crippen LogP contribution in [0.1, 0.15) is 48.5 Å². The summed E-state index contributed by atoms with van der Waals surface area (Å²) in [6.45, 7) is 16.4. The summed E-state index contributed by atoms with van der Waals surface area (Å²) >= 11 is 0. The van der Waals surface area contributed by atoms with Gasteiger partial charge in [0.1, 0.15) is 0 Å². The van der Waals surface area contributed by atoms with Gasteiger partial charge < -0.3 is 10.2 Å². The zero-order chi connectivity index (χ0) is 17.0. The lowest BCUT2D eigenvalue weighted by atomic mass is 10.0. The van der Waals surface area contributed by atoms with Crippen molar-refractivity contribution in [3.63, 3.8) is 0 Å². The molecule has 128 valence electrons. The van der Waals surface area contributed by atoms with Gasteiger partial charge in [-0.15, -0.1) is 0 Å². The molecule has 2 fully saturated rings. The Bertz CT molecular complexity index is 562. The number of rotatable bonds is 2. The van der Waals surface area contributed by atoms with E-state index in [1.807, 2.05) is 20.8 Å². The van der Waals surface area contributed by atoms with Crippen LogP contribution in [0, 0.1) is 10.8 Å². The molecule has 6 heteroatoms. The maximum atomic E-state index is 12.2. The minimum Gasteiger partial charge on any atom is -0.352 e. The zero-order valence-corrected chi connectivity index (χ0v) is 15.8. The van der Waals surface area contributed by atoms with Crippen molar-refractivity contribution in [2.75, 3.05) is 25.4 Å². The van der Waals surface area contributed by atoms with Crippen molar-refractivity contribution >= 4 is 15.8 Å². The third-order valence-corrected chi connectivity index (χ3v) is 8.48. The van der Waals surface area contributed by atoms with E-state index in [-0.39, 0.29) is 16.6 Å². The number of sulfone groups is 1. The lowest BCUT2D eigenvalue weighted by Gasteiger charge is -2.39. The first kappa shape index (κ1) is 17.6. The monoisotopic (exact) mass is 329 g/mol. The van der Waals surface area contributed by atoms with E-state index >= 15 is 0 Å². The molecular formula is C16H31N3O2S. The van der Waals surface area contributed by atoms with Gasteiger partial charge in [-0.1, -0.05) is 27.7 Å². The van der Waals surface area contributed by atoms with Crippen LogP contribution in [-0.2, 0) is 9.84 Å². The molecule has 0 bridgehead atoms. The predicted octanol–water partition coefficient (Wildman–Crippen LogP) is 1.90. The molecular weight excluding hydrogens is 298 g/mol. The number of aliphatic imine (C=N–C) groups is 1. The predicted molar refractivity (Wildman–Crippen MR) is 91.9 cm³/mol. The highest BCUT2D eigenvalue weighted by Crippen LogP contribution is 2.62. The van der Waals surface area contributed by atoms with Crippen LogP contribution >= 0.6 is 0 Å². The van der Waals surface area contributed by atoms with E-state index in [9.17, 15) is 8.42 Å². The Morgan fingerprint density at radius 3 is 2.14 bits per heavy atom.